The Morgan fingerprint density at radius 3 is 1.83 bits per heavy atom. The molecule has 0 unspecified atom stereocenters. The van der Waals surface area contributed by atoms with Crippen molar-refractivity contribution in [3.05, 3.63) is 198 Å². The average Bonchev–Trinajstić information content (AvgIpc) is 3.67. The van der Waals surface area contributed by atoms with E-state index in [2.05, 4.69) is 205 Å². The second kappa shape index (κ2) is 12.4. The van der Waals surface area contributed by atoms with Crippen LogP contribution in [-0.2, 0) is 11.8 Å². The third-order valence-corrected chi connectivity index (χ3v) is 11.5. The lowest BCUT2D eigenvalue weighted by Gasteiger charge is -2.28. The summed E-state index contributed by atoms with van der Waals surface area (Å²) >= 11 is 0. The standard InChI is InChI=1S/C51H40N2/c1-51(2)47-19-11-9-17-43(47)44-31-30-42(34-48(44)51)52(40-26-21-36(22-27-40)35-13-5-3-6-14-35)41-28-23-37(24-29-41)38-25-32-50-46(33-38)45-18-10-12-20-49(45)53(50)39-15-7-4-8-16-39/h3-9,11-17,19-34H,10,18H2,1-2H3. The Balaban J connectivity index is 1.06. The molecule has 0 saturated heterocycles. The van der Waals surface area contributed by atoms with Crippen molar-refractivity contribution in [2.24, 2.45) is 0 Å². The summed E-state index contributed by atoms with van der Waals surface area (Å²) in [5.74, 6) is 0. The highest BCUT2D eigenvalue weighted by molar-refractivity contribution is 5.94. The van der Waals surface area contributed by atoms with Gasteiger partial charge in [0.1, 0.15) is 0 Å². The molecule has 2 aliphatic carbocycles. The van der Waals surface area contributed by atoms with E-state index in [-0.39, 0.29) is 5.41 Å². The fraction of sp³-hybridized carbons (Fsp3) is 0.0980. The molecule has 0 atom stereocenters. The summed E-state index contributed by atoms with van der Waals surface area (Å²) < 4.78 is 2.42. The van der Waals surface area contributed by atoms with Crippen molar-refractivity contribution in [1.82, 2.24) is 4.57 Å². The predicted octanol–water partition coefficient (Wildman–Crippen LogP) is 13.7. The molecule has 0 bridgehead atoms. The number of aryl methyl sites for hydroxylation is 1. The van der Waals surface area contributed by atoms with Gasteiger partial charge in [0, 0.05) is 39.2 Å². The molecule has 0 fully saturated rings. The topological polar surface area (TPSA) is 8.17 Å². The molecule has 2 heteroatoms. The molecule has 0 saturated carbocycles. The first kappa shape index (κ1) is 31.4. The highest BCUT2D eigenvalue weighted by Gasteiger charge is 2.35. The molecule has 1 aromatic heterocycles. The zero-order chi connectivity index (χ0) is 35.5. The smallest absolute Gasteiger partial charge is 0.0538 e. The lowest BCUT2D eigenvalue weighted by Crippen LogP contribution is -2.16. The van der Waals surface area contributed by atoms with E-state index in [9.17, 15) is 0 Å². The van der Waals surface area contributed by atoms with E-state index in [0.717, 1.165) is 29.9 Å². The molecule has 2 aliphatic rings. The Bertz CT molecular complexity index is 2660. The Kier molecular flexibility index (Phi) is 7.33. The molecule has 8 aromatic rings. The second-order valence-corrected chi connectivity index (χ2v) is 14.9. The number of hydrogen-bond acceptors (Lipinski definition) is 1. The summed E-state index contributed by atoms with van der Waals surface area (Å²) in [5.41, 5.74) is 18.9. The van der Waals surface area contributed by atoms with Gasteiger partial charge in [0.2, 0.25) is 0 Å². The van der Waals surface area contributed by atoms with Crippen LogP contribution in [0.4, 0.5) is 17.1 Å². The van der Waals surface area contributed by atoms with Crippen LogP contribution in [0.1, 0.15) is 42.7 Å². The molecular formula is C51H40N2. The van der Waals surface area contributed by atoms with Gasteiger partial charge in [0.05, 0.1) is 5.52 Å². The second-order valence-electron chi connectivity index (χ2n) is 14.9. The quantitative estimate of drug-likeness (QED) is 0.170. The fourth-order valence-corrected chi connectivity index (χ4v) is 8.79. The maximum absolute atomic E-state index is 2.42. The van der Waals surface area contributed by atoms with Gasteiger partial charge in [-0.1, -0.05) is 129 Å². The number of fused-ring (bicyclic) bond motifs is 6. The van der Waals surface area contributed by atoms with Crippen molar-refractivity contribution in [2.75, 3.05) is 4.90 Å². The molecular weight excluding hydrogens is 641 g/mol. The van der Waals surface area contributed by atoms with Gasteiger partial charge in [0.25, 0.3) is 0 Å². The van der Waals surface area contributed by atoms with Crippen molar-refractivity contribution >= 4 is 34.0 Å². The van der Waals surface area contributed by atoms with E-state index in [1.807, 2.05) is 0 Å². The first-order valence-electron chi connectivity index (χ1n) is 18.7. The van der Waals surface area contributed by atoms with Crippen molar-refractivity contribution in [2.45, 2.75) is 32.1 Å². The number of nitrogens with zero attached hydrogens (tertiary/aromatic N) is 2. The van der Waals surface area contributed by atoms with Crippen LogP contribution in [0.5, 0.6) is 0 Å². The molecule has 10 rings (SSSR count). The fourth-order valence-electron chi connectivity index (χ4n) is 8.79. The van der Waals surface area contributed by atoms with Crippen LogP contribution in [0.15, 0.2) is 176 Å². The normalized spacial score (nSPS) is 13.8. The highest BCUT2D eigenvalue weighted by atomic mass is 15.1. The number of hydrogen-bond donors (Lipinski definition) is 0. The monoisotopic (exact) mass is 680 g/mol. The summed E-state index contributed by atoms with van der Waals surface area (Å²) in [7, 11) is 0. The minimum atomic E-state index is -0.0816. The molecule has 0 aliphatic heterocycles. The van der Waals surface area contributed by atoms with Gasteiger partial charge in [-0.3, -0.25) is 0 Å². The van der Waals surface area contributed by atoms with Crippen molar-refractivity contribution < 1.29 is 0 Å². The average molecular weight is 681 g/mol. The highest BCUT2D eigenvalue weighted by Crippen LogP contribution is 2.50. The summed E-state index contributed by atoms with van der Waals surface area (Å²) in [6.07, 6.45) is 6.75. The number of allylic oxidation sites excluding steroid dienone is 1. The molecule has 254 valence electrons. The Hall–Kier alpha value is -6.38. The Labute approximate surface area is 311 Å². The summed E-state index contributed by atoms with van der Waals surface area (Å²) in [6, 6.07) is 62.4. The van der Waals surface area contributed by atoms with Crippen LogP contribution in [0.2, 0.25) is 0 Å². The van der Waals surface area contributed by atoms with E-state index in [0.29, 0.717) is 0 Å². The molecule has 7 aromatic carbocycles. The van der Waals surface area contributed by atoms with Crippen LogP contribution in [-0.4, -0.2) is 4.57 Å². The maximum atomic E-state index is 2.42. The molecule has 0 spiro atoms. The maximum Gasteiger partial charge on any atom is 0.0538 e. The van der Waals surface area contributed by atoms with Crippen molar-refractivity contribution in [1.29, 1.82) is 0 Å². The van der Waals surface area contributed by atoms with Gasteiger partial charge in [-0.2, -0.15) is 0 Å². The summed E-state index contributed by atoms with van der Waals surface area (Å²) in [6.45, 7) is 4.71. The minimum absolute atomic E-state index is 0.0816. The van der Waals surface area contributed by atoms with Crippen LogP contribution in [0, 0.1) is 0 Å². The number of para-hydroxylation sites is 1. The number of aromatic nitrogens is 1. The number of benzene rings is 7. The van der Waals surface area contributed by atoms with E-state index < -0.39 is 0 Å². The van der Waals surface area contributed by atoms with Gasteiger partial charge in [-0.05, 0) is 130 Å². The Morgan fingerprint density at radius 2 is 1.09 bits per heavy atom. The minimum Gasteiger partial charge on any atom is -0.310 e. The van der Waals surface area contributed by atoms with E-state index in [4.69, 9.17) is 0 Å². The molecule has 0 radical (unpaired) electrons. The zero-order valence-electron chi connectivity index (χ0n) is 30.1. The molecule has 0 amide bonds. The molecule has 0 N–H and O–H groups in total. The van der Waals surface area contributed by atoms with E-state index in [1.54, 1.807) is 0 Å². The predicted molar refractivity (Wildman–Crippen MR) is 224 cm³/mol. The van der Waals surface area contributed by atoms with Crippen LogP contribution in [0.25, 0.3) is 56.0 Å². The SMILES string of the molecule is CC1(C)c2ccccc2-c2ccc(N(c3ccc(-c4ccccc4)cc3)c3ccc(-c4ccc5c(c4)c4c(n5-c5ccccc5)C=CCC4)cc3)cc21. The first-order chi connectivity index (χ1) is 26.0. The van der Waals surface area contributed by atoms with Gasteiger partial charge in [0.15, 0.2) is 0 Å². The van der Waals surface area contributed by atoms with Crippen LogP contribution in [0.3, 0.4) is 0 Å². The summed E-state index contributed by atoms with van der Waals surface area (Å²) in [5, 5.41) is 1.34. The van der Waals surface area contributed by atoms with Crippen LogP contribution >= 0.6 is 0 Å². The van der Waals surface area contributed by atoms with Gasteiger partial charge >= 0.3 is 0 Å². The van der Waals surface area contributed by atoms with Gasteiger partial charge in [-0.15, -0.1) is 0 Å². The van der Waals surface area contributed by atoms with E-state index in [1.165, 1.54) is 72.4 Å². The number of anilines is 3. The largest absolute Gasteiger partial charge is 0.310 e. The Morgan fingerprint density at radius 1 is 0.509 bits per heavy atom. The van der Waals surface area contributed by atoms with Crippen LogP contribution < -0.4 is 4.90 Å². The molecule has 2 nitrogen and oxygen atoms in total. The first-order valence-corrected chi connectivity index (χ1v) is 18.7. The third kappa shape index (κ3) is 5.17. The zero-order valence-corrected chi connectivity index (χ0v) is 30.1. The number of rotatable bonds is 6. The summed E-state index contributed by atoms with van der Waals surface area (Å²) in [4.78, 5) is 2.41. The third-order valence-electron chi connectivity index (χ3n) is 11.5. The lowest BCUT2D eigenvalue weighted by molar-refractivity contribution is 0.660. The lowest BCUT2D eigenvalue weighted by atomic mass is 9.82. The van der Waals surface area contributed by atoms with Gasteiger partial charge < -0.3 is 9.47 Å². The van der Waals surface area contributed by atoms with E-state index >= 15 is 0 Å². The molecule has 53 heavy (non-hydrogen) atoms. The van der Waals surface area contributed by atoms with Crippen molar-refractivity contribution in [3.8, 4) is 39.1 Å². The van der Waals surface area contributed by atoms with Crippen molar-refractivity contribution in [3.63, 3.8) is 0 Å². The molecule has 1 heterocycles. The van der Waals surface area contributed by atoms with Gasteiger partial charge in [-0.25, -0.2) is 0 Å².